The second-order valence-electron chi connectivity index (χ2n) is 4.44. The van der Waals surface area contributed by atoms with Gasteiger partial charge in [0.25, 0.3) is 0 Å². The maximum Gasteiger partial charge on any atom is 0.126 e. The van der Waals surface area contributed by atoms with Gasteiger partial charge < -0.3 is 9.47 Å². The Bertz CT molecular complexity index is 357. The lowest BCUT2D eigenvalue weighted by atomic mass is 10.0. The molecule has 0 aliphatic carbocycles. The molecule has 1 aliphatic heterocycles. The summed E-state index contributed by atoms with van der Waals surface area (Å²) in [5.74, 6) is 0.744. The Morgan fingerprint density at radius 3 is 2.88 bits per heavy atom. The summed E-state index contributed by atoms with van der Waals surface area (Å²) in [6.45, 7) is 5.33. The van der Waals surface area contributed by atoms with Gasteiger partial charge in [0.05, 0.1) is 13.2 Å². The standard InChI is InChI=1S/C13H17FO2/c1-9(2)12-7-10(3-4-13(12)14)16-11-5-6-15-8-11/h3-4,7,9,11H,5-6,8H2,1-2H3. The van der Waals surface area contributed by atoms with E-state index in [0.29, 0.717) is 12.2 Å². The Morgan fingerprint density at radius 2 is 2.25 bits per heavy atom. The fourth-order valence-corrected chi connectivity index (χ4v) is 1.84. The van der Waals surface area contributed by atoms with Gasteiger partial charge in [0.15, 0.2) is 0 Å². The van der Waals surface area contributed by atoms with Crippen LogP contribution in [0, 0.1) is 5.82 Å². The molecule has 16 heavy (non-hydrogen) atoms. The molecule has 1 unspecified atom stereocenters. The molecule has 0 amide bonds. The van der Waals surface area contributed by atoms with E-state index in [0.717, 1.165) is 18.8 Å². The van der Waals surface area contributed by atoms with Crippen molar-refractivity contribution in [2.24, 2.45) is 0 Å². The largest absolute Gasteiger partial charge is 0.488 e. The predicted molar refractivity (Wildman–Crippen MR) is 60.3 cm³/mol. The number of ether oxygens (including phenoxy) is 2. The smallest absolute Gasteiger partial charge is 0.126 e. The zero-order chi connectivity index (χ0) is 11.5. The van der Waals surface area contributed by atoms with E-state index in [2.05, 4.69) is 0 Å². The van der Waals surface area contributed by atoms with Gasteiger partial charge in [0.1, 0.15) is 17.7 Å². The number of benzene rings is 1. The van der Waals surface area contributed by atoms with Crippen molar-refractivity contribution in [3.63, 3.8) is 0 Å². The van der Waals surface area contributed by atoms with Crippen LogP contribution in [0.3, 0.4) is 0 Å². The molecule has 1 aromatic rings. The first-order valence-corrected chi connectivity index (χ1v) is 5.70. The highest BCUT2D eigenvalue weighted by Crippen LogP contribution is 2.25. The fourth-order valence-electron chi connectivity index (χ4n) is 1.84. The average molecular weight is 224 g/mol. The van der Waals surface area contributed by atoms with Crippen molar-refractivity contribution in [2.45, 2.75) is 32.3 Å². The number of rotatable bonds is 3. The van der Waals surface area contributed by atoms with Crippen molar-refractivity contribution in [3.8, 4) is 5.75 Å². The lowest BCUT2D eigenvalue weighted by Gasteiger charge is -2.14. The number of halogens is 1. The van der Waals surface area contributed by atoms with Gasteiger partial charge >= 0.3 is 0 Å². The molecule has 1 aromatic carbocycles. The van der Waals surface area contributed by atoms with Gasteiger partial charge in [-0.25, -0.2) is 4.39 Å². The van der Waals surface area contributed by atoms with Crippen LogP contribution in [0.2, 0.25) is 0 Å². The molecule has 0 aromatic heterocycles. The minimum absolute atomic E-state index is 0.116. The maximum atomic E-state index is 13.5. The van der Waals surface area contributed by atoms with Crippen LogP contribution in [0.1, 0.15) is 31.7 Å². The molecule has 0 N–H and O–H groups in total. The Morgan fingerprint density at radius 1 is 1.44 bits per heavy atom. The summed E-state index contributed by atoms with van der Waals surface area (Å²) in [6, 6.07) is 4.94. The zero-order valence-corrected chi connectivity index (χ0v) is 9.70. The summed E-state index contributed by atoms with van der Waals surface area (Å²) in [7, 11) is 0. The third kappa shape index (κ3) is 2.53. The summed E-state index contributed by atoms with van der Waals surface area (Å²) in [4.78, 5) is 0. The summed E-state index contributed by atoms with van der Waals surface area (Å²) in [5.41, 5.74) is 0.705. The Labute approximate surface area is 95.4 Å². The first-order valence-electron chi connectivity index (χ1n) is 5.70. The van der Waals surface area contributed by atoms with Gasteiger partial charge in [0.2, 0.25) is 0 Å². The number of hydrogen-bond donors (Lipinski definition) is 0. The monoisotopic (exact) mass is 224 g/mol. The highest BCUT2D eigenvalue weighted by atomic mass is 19.1. The van der Waals surface area contributed by atoms with Crippen LogP contribution in [-0.4, -0.2) is 19.3 Å². The summed E-state index contributed by atoms with van der Waals surface area (Å²) < 4.78 is 24.4. The van der Waals surface area contributed by atoms with Crippen LogP contribution >= 0.6 is 0 Å². The lowest BCUT2D eigenvalue weighted by molar-refractivity contribution is 0.141. The lowest BCUT2D eigenvalue weighted by Crippen LogP contribution is -2.15. The summed E-state index contributed by atoms with van der Waals surface area (Å²) >= 11 is 0. The van der Waals surface area contributed by atoms with E-state index < -0.39 is 0 Å². The van der Waals surface area contributed by atoms with Gasteiger partial charge in [-0.15, -0.1) is 0 Å². The molecule has 3 heteroatoms. The van der Waals surface area contributed by atoms with E-state index in [1.165, 1.54) is 6.07 Å². The van der Waals surface area contributed by atoms with E-state index in [9.17, 15) is 4.39 Å². The van der Waals surface area contributed by atoms with Crippen LogP contribution in [0.5, 0.6) is 5.75 Å². The van der Waals surface area contributed by atoms with Crippen molar-refractivity contribution >= 4 is 0 Å². The highest BCUT2D eigenvalue weighted by Gasteiger charge is 2.18. The molecule has 1 fully saturated rings. The summed E-state index contributed by atoms with van der Waals surface area (Å²) in [5, 5.41) is 0. The Balaban J connectivity index is 2.12. The minimum Gasteiger partial charge on any atom is -0.488 e. The quantitative estimate of drug-likeness (QED) is 0.785. The Kier molecular flexibility index (Phi) is 3.44. The first kappa shape index (κ1) is 11.4. The van der Waals surface area contributed by atoms with Crippen molar-refractivity contribution in [2.75, 3.05) is 13.2 Å². The van der Waals surface area contributed by atoms with E-state index in [1.807, 2.05) is 13.8 Å². The SMILES string of the molecule is CC(C)c1cc(OC2CCOC2)ccc1F. The molecule has 1 heterocycles. The van der Waals surface area contributed by atoms with E-state index in [-0.39, 0.29) is 17.8 Å². The van der Waals surface area contributed by atoms with E-state index in [4.69, 9.17) is 9.47 Å². The second-order valence-corrected chi connectivity index (χ2v) is 4.44. The zero-order valence-electron chi connectivity index (χ0n) is 9.70. The van der Waals surface area contributed by atoms with Crippen LogP contribution in [-0.2, 0) is 4.74 Å². The van der Waals surface area contributed by atoms with Crippen LogP contribution in [0.25, 0.3) is 0 Å². The minimum atomic E-state index is -0.162. The van der Waals surface area contributed by atoms with Crippen molar-refractivity contribution in [3.05, 3.63) is 29.6 Å². The molecular formula is C13H17FO2. The molecule has 0 spiro atoms. The van der Waals surface area contributed by atoms with Gasteiger partial charge in [-0.05, 0) is 29.7 Å². The highest BCUT2D eigenvalue weighted by molar-refractivity contribution is 5.31. The predicted octanol–water partition coefficient (Wildman–Crippen LogP) is 3.12. The van der Waals surface area contributed by atoms with E-state index >= 15 is 0 Å². The molecule has 1 atom stereocenters. The molecule has 1 aliphatic rings. The third-order valence-corrected chi connectivity index (χ3v) is 2.78. The molecule has 2 rings (SSSR count). The molecule has 1 saturated heterocycles. The molecule has 0 radical (unpaired) electrons. The van der Waals surface area contributed by atoms with E-state index in [1.54, 1.807) is 12.1 Å². The number of hydrogen-bond acceptors (Lipinski definition) is 2. The maximum absolute atomic E-state index is 13.5. The van der Waals surface area contributed by atoms with Crippen LogP contribution < -0.4 is 4.74 Å². The van der Waals surface area contributed by atoms with Crippen molar-refractivity contribution in [1.29, 1.82) is 0 Å². The van der Waals surface area contributed by atoms with Gasteiger partial charge in [0, 0.05) is 6.42 Å². The molecule has 0 bridgehead atoms. The van der Waals surface area contributed by atoms with Gasteiger partial charge in [-0.1, -0.05) is 13.8 Å². The molecule has 2 nitrogen and oxygen atoms in total. The fraction of sp³-hybridized carbons (Fsp3) is 0.538. The van der Waals surface area contributed by atoms with Crippen molar-refractivity contribution in [1.82, 2.24) is 0 Å². The average Bonchev–Trinajstić information content (AvgIpc) is 2.73. The third-order valence-electron chi connectivity index (χ3n) is 2.78. The van der Waals surface area contributed by atoms with Crippen LogP contribution in [0.4, 0.5) is 4.39 Å². The molecule has 0 saturated carbocycles. The van der Waals surface area contributed by atoms with Gasteiger partial charge in [-0.3, -0.25) is 0 Å². The second kappa shape index (κ2) is 4.83. The Hall–Kier alpha value is -1.09. The summed E-state index contributed by atoms with van der Waals surface area (Å²) in [6.07, 6.45) is 1.03. The molecule has 88 valence electrons. The topological polar surface area (TPSA) is 18.5 Å². The van der Waals surface area contributed by atoms with Crippen LogP contribution in [0.15, 0.2) is 18.2 Å². The molecular weight excluding hydrogens is 207 g/mol. The van der Waals surface area contributed by atoms with Crippen molar-refractivity contribution < 1.29 is 13.9 Å². The normalized spacial score (nSPS) is 20.4. The van der Waals surface area contributed by atoms with Gasteiger partial charge in [-0.2, -0.15) is 0 Å². The first-order chi connectivity index (χ1) is 7.66.